The second kappa shape index (κ2) is 9.52. The Balaban J connectivity index is 1.31. The van der Waals surface area contributed by atoms with Crippen molar-refractivity contribution in [3.8, 4) is 0 Å². The number of nitrogens with one attached hydrogen (secondary N) is 1. The maximum absolute atomic E-state index is 13.0. The number of halogens is 2. The molecule has 2 aromatic carbocycles. The maximum Gasteiger partial charge on any atom is 0.265 e. The lowest BCUT2D eigenvalue weighted by molar-refractivity contribution is 0.0696. The summed E-state index contributed by atoms with van der Waals surface area (Å²) in [6, 6.07) is 15.8. The molecular weight excluding hydrogens is 457 g/mol. The molecule has 1 saturated heterocycles. The third-order valence-electron chi connectivity index (χ3n) is 5.17. The Morgan fingerprint density at radius 3 is 2.47 bits per heavy atom. The summed E-state index contributed by atoms with van der Waals surface area (Å²) in [5, 5.41) is 6.10. The number of fused-ring (bicyclic) bond motifs is 1. The topological polar surface area (TPSA) is 35.6 Å². The second-order valence-corrected chi connectivity index (χ2v) is 9.39. The van der Waals surface area contributed by atoms with Gasteiger partial charge in [-0.05, 0) is 36.3 Å². The summed E-state index contributed by atoms with van der Waals surface area (Å²) in [5.41, 5.74) is 1.28. The Kier molecular flexibility index (Phi) is 6.78. The molecule has 1 N–H and O–H groups in total. The summed E-state index contributed by atoms with van der Waals surface area (Å²) < 4.78 is 0.929. The molecule has 4 nitrogen and oxygen atoms in total. The number of carbonyl (C=O) groups excluding carboxylic acids is 1. The van der Waals surface area contributed by atoms with E-state index in [2.05, 4.69) is 22.3 Å². The number of hydrogen-bond acceptors (Lipinski definition) is 3. The van der Waals surface area contributed by atoms with Gasteiger partial charge in [-0.25, -0.2) is 0 Å². The Hall–Kier alpha value is -1.86. The van der Waals surface area contributed by atoms with Crippen molar-refractivity contribution in [2.45, 2.75) is 6.42 Å². The largest absolute Gasteiger partial charge is 0.362 e. The zero-order valence-corrected chi connectivity index (χ0v) is 19.4. The normalized spacial score (nSPS) is 14.2. The molecule has 1 amide bonds. The standard InChI is InChI=1S/C22H21Cl2N3OS2/c23-16-6-7-17-18(14-16)30-20(19(17)24)21(28)26-10-12-27(13-11-26)22(29)25-9-8-15-4-2-1-3-5-15/h1-7,14H,8-13H2,(H,25,29). The monoisotopic (exact) mass is 477 g/mol. The van der Waals surface area contributed by atoms with Crippen molar-refractivity contribution >= 4 is 67.9 Å². The van der Waals surface area contributed by atoms with Crippen molar-refractivity contribution in [3.05, 3.63) is 69.0 Å². The lowest BCUT2D eigenvalue weighted by atomic mass is 10.1. The lowest BCUT2D eigenvalue weighted by Gasteiger charge is -2.36. The van der Waals surface area contributed by atoms with Gasteiger partial charge in [-0.3, -0.25) is 4.79 Å². The zero-order valence-electron chi connectivity index (χ0n) is 16.2. The summed E-state index contributed by atoms with van der Waals surface area (Å²) in [7, 11) is 0. The minimum Gasteiger partial charge on any atom is -0.362 e. The van der Waals surface area contributed by atoms with Crippen LogP contribution in [0.25, 0.3) is 10.1 Å². The van der Waals surface area contributed by atoms with Crippen LogP contribution in [0.5, 0.6) is 0 Å². The molecule has 0 unspecified atom stereocenters. The van der Waals surface area contributed by atoms with E-state index in [9.17, 15) is 4.79 Å². The van der Waals surface area contributed by atoms with Crippen LogP contribution in [-0.2, 0) is 6.42 Å². The number of piperazine rings is 1. The van der Waals surface area contributed by atoms with Gasteiger partial charge in [0.05, 0.1) is 5.02 Å². The first-order valence-electron chi connectivity index (χ1n) is 9.76. The van der Waals surface area contributed by atoms with E-state index in [0.29, 0.717) is 41.1 Å². The number of hydrogen-bond donors (Lipinski definition) is 1. The average molecular weight is 478 g/mol. The van der Waals surface area contributed by atoms with Gasteiger partial charge in [0, 0.05) is 47.8 Å². The van der Waals surface area contributed by atoms with Crippen molar-refractivity contribution in [3.63, 3.8) is 0 Å². The Labute approximate surface area is 195 Å². The van der Waals surface area contributed by atoms with Crippen LogP contribution in [0, 0.1) is 0 Å². The second-order valence-electron chi connectivity index (χ2n) is 7.13. The molecule has 1 fully saturated rings. The van der Waals surface area contributed by atoms with Crippen LogP contribution in [0.2, 0.25) is 10.0 Å². The molecule has 3 aromatic rings. The van der Waals surface area contributed by atoms with Crippen molar-refractivity contribution in [2.75, 3.05) is 32.7 Å². The van der Waals surface area contributed by atoms with E-state index in [1.165, 1.54) is 16.9 Å². The Morgan fingerprint density at radius 2 is 1.73 bits per heavy atom. The van der Waals surface area contributed by atoms with E-state index in [1.54, 1.807) is 6.07 Å². The lowest BCUT2D eigenvalue weighted by Crippen LogP contribution is -2.53. The summed E-state index contributed by atoms with van der Waals surface area (Å²) in [6.45, 7) is 3.44. The molecule has 2 heterocycles. The quantitative estimate of drug-likeness (QED) is 0.531. The summed E-state index contributed by atoms with van der Waals surface area (Å²) >= 11 is 19.5. The summed E-state index contributed by atoms with van der Waals surface area (Å²) in [5.74, 6) is -0.0278. The SMILES string of the molecule is O=C(c1sc2cc(Cl)ccc2c1Cl)N1CCN(C(=S)NCCc2ccccc2)CC1. The van der Waals surface area contributed by atoms with E-state index in [-0.39, 0.29) is 5.91 Å². The van der Waals surface area contributed by atoms with Crippen molar-refractivity contribution < 1.29 is 4.79 Å². The highest BCUT2D eigenvalue weighted by Crippen LogP contribution is 2.37. The van der Waals surface area contributed by atoms with E-state index in [4.69, 9.17) is 35.4 Å². The first-order chi connectivity index (χ1) is 14.5. The minimum atomic E-state index is -0.0278. The third-order valence-corrected chi connectivity index (χ3v) is 7.46. The van der Waals surface area contributed by atoms with E-state index in [0.717, 1.165) is 28.2 Å². The molecule has 1 aromatic heterocycles. The van der Waals surface area contributed by atoms with Gasteiger partial charge in [0.15, 0.2) is 5.11 Å². The zero-order chi connectivity index (χ0) is 21.1. The third kappa shape index (κ3) is 4.72. The van der Waals surface area contributed by atoms with Crippen LogP contribution < -0.4 is 5.32 Å². The van der Waals surface area contributed by atoms with Gasteiger partial charge in [0.1, 0.15) is 4.88 Å². The van der Waals surface area contributed by atoms with Gasteiger partial charge < -0.3 is 15.1 Å². The number of benzene rings is 2. The molecular formula is C22H21Cl2N3OS2. The van der Waals surface area contributed by atoms with Crippen molar-refractivity contribution in [2.24, 2.45) is 0 Å². The number of nitrogens with zero attached hydrogens (tertiary/aromatic N) is 2. The summed E-state index contributed by atoms with van der Waals surface area (Å²) in [4.78, 5) is 17.6. The predicted octanol–water partition coefficient (Wildman–Crippen LogP) is 5.08. The summed E-state index contributed by atoms with van der Waals surface area (Å²) in [6.07, 6.45) is 0.924. The van der Waals surface area contributed by atoms with Gasteiger partial charge in [0.2, 0.25) is 0 Å². The van der Waals surface area contributed by atoms with Crippen LogP contribution >= 0.6 is 46.8 Å². The van der Waals surface area contributed by atoms with Crippen LogP contribution in [0.3, 0.4) is 0 Å². The van der Waals surface area contributed by atoms with Gasteiger partial charge in [0.25, 0.3) is 5.91 Å². The van der Waals surface area contributed by atoms with Crippen LogP contribution in [-0.4, -0.2) is 53.5 Å². The van der Waals surface area contributed by atoms with Gasteiger partial charge in [-0.15, -0.1) is 11.3 Å². The predicted molar refractivity (Wildman–Crippen MR) is 130 cm³/mol. The fourth-order valence-corrected chi connectivity index (χ4v) is 5.54. The highest BCUT2D eigenvalue weighted by Gasteiger charge is 2.26. The molecule has 30 heavy (non-hydrogen) atoms. The first-order valence-corrected chi connectivity index (χ1v) is 11.7. The smallest absolute Gasteiger partial charge is 0.265 e. The average Bonchev–Trinajstić information content (AvgIpc) is 3.09. The number of thiophene rings is 1. The number of carbonyl (C=O) groups is 1. The van der Waals surface area contributed by atoms with Gasteiger partial charge in [-0.2, -0.15) is 0 Å². The molecule has 0 aliphatic carbocycles. The Morgan fingerprint density at radius 1 is 1.03 bits per heavy atom. The van der Waals surface area contributed by atoms with Gasteiger partial charge >= 0.3 is 0 Å². The molecule has 4 rings (SSSR count). The van der Waals surface area contributed by atoms with E-state index in [1.807, 2.05) is 35.2 Å². The number of thiocarbonyl (C=S) groups is 1. The molecule has 0 atom stereocenters. The molecule has 0 spiro atoms. The van der Waals surface area contributed by atoms with Crippen LogP contribution in [0.1, 0.15) is 15.2 Å². The van der Waals surface area contributed by atoms with Crippen LogP contribution in [0.4, 0.5) is 0 Å². The highest BCUT2D eigenvalue weighted by molar-refractivity contribution is 7.80. The van der Waals surface area contributed by atoms with E-state index >= 15 is 0 Å². The van der Waals surface area contributed by atoms with Crippen molar-refractivity contribution in [1.82, 2.24) is 15.1 Å². The highest BCUT2D eigenvalue weighted by atomic mass is 35.5. The van der Waals surface area contributed by atoms with Gasteiger partial charge in [-0.1, -0.05) is 59.6 Å². The number of rotatable bonds is 4. The molecule has 156 valence electrons. The molecule has 0 bridgehead atoms. The van der Waals surface area contributed by atoms with E-state index < -0.39 is 0 Å². The molecule has 0 radical (unpaired) electrons. The van der Waals surface area contributed by atoms with Crippen molar-refractivity contribution in [1.29, 1.82) is 0 Å². The fourth-order valence-electron chi connectivity index (χ4n) is 3.50. The maximum atomic E-state index is 13.0. The fraction of sp³-hybridized carbons (Fsp3) is 0.273. The molecule has 0 saturated carbocycles. The van der Waals surface area contributed by atoms with Crippen LogP contribution in [0.15, 0.2) is 48.5 Å². The Bertz CT molecular complexity index is 1060. The molecule has 8 heteroatoms. The molecule has 1 aliphatic heterocycles. The number of amides is 1. The molecule has 1 aliphatic rings. The first kappa shape index (κ1) is 21.4. The minimum absolute atomic E-state index is 0.0278.